The van der Waals surface area contributed by atoms with E-state index in [0.717, 1.165) is 25.5 Å². The molecule has 1 aromatic rings. The predicted octanol–water partition coefficient (Wildman–Crippen LogP) is 2.25. The van der Waals surface area contributed by atoms with Crippen molar-refractivity contribution in [3.05, 3.63) is 18.2 Å². The van der Waals surface area contributed by atoms with Crippen molar-refractivity contribution in [1.82, 2.24) is 19.4 Å². The van der Waals surface area contributed by atoms with Crippen LogP contribution in [0.1, 0.15) is 32.5 Å². The summed E-state index contributed by atoms with van der Waals surface area (Å²) >= 11 is 0. The molecule has 2 rings (SSSR count). The van der Waals surface area contributed by atoms with Crippen LogP contribution in [0.25, 0.3) is 0 Å². The smallest absolute Gasteiger partial charge is 0.105 e. The van der Waals surface area contributed by atoms with Crippen molar-refractivity contribution in [2.45, 2.75) is 40.2 Å². The molecule has 1 aliphatic rings. The third-order valence-electron chi connectivity index (χ3n) is 4.19. The van der Waals surface area contributed by atoms with Crippen molar-refractivity contribution < 1.29 is 0 Å². The second kappa shape index (κ2) is 6.72. The van der Waals surface area contributed by atoms with Gasteiger partial charge in [-0.25, -0.2) is 4.98 Å². The molecule has 0 spiro atoms. The second-order valence-electron chi connectivity index (χ2n) is 7.05. The van der Waals surface area contributed by atoms with Gasteiger partial charge in [0.25, 0.3) is 0 Å². The molecular weight excluding hydrogens is 248 g/mol. The number of hydrogen-bond acceptors (Lipinski definition) is 3. The quantitative estimate of drug-likeness (QED) is 0.764. The van der Waals surface area contributed by atoms with Crippen LogP contribution in [-0.2, 0) is 6.54 Å². The molecule has 0 amide bonds. The standard InChI is InChI=1S/C16H30N4/c1-15-17-7-10-20(15)12-11-18(4)13-16(2,3)14-19-8-5-6-9-19/h7,10H,5-6,8-9,11-14H2,1-4H3. The number of likely N-dealkylation sites (N-methyl/N-ethyl adjacent to an activating group) is 1. The molecule has 0 aliphatic carbocycles. The Labute approximate surface area is 123 Å². The lowest BCUT2D eigenvalue weighted by atomic mass is 9.92. The van der Waals surface area contributed by atoms with Crippen LogP contribution in [0.15, 0.2) is 12.4 Å². The van der Waals surface area contributed by atoms with Crippen molar-refractivity contribution in [3.63, 3.8) is 0 Å². The second-order valence-corrected chi connectivity index (χ2v) is 7.05. The first-order valence-corrected chi connectivity index (χ1v) is 7.85. The Morgan fingerprint density at radius 1 is 1.30 bits per heavy atom. The maximum absolute atomic E-state index is 4.28. The number of nitrogens with zero attached hydrogens (tertiary/aromatic N) is 4. The highest BCUT2D eigenvalue weighted by molar-refractivity contribution is 4.88. The first-order valence-electron chi connectivity index (χ1n) is 7.85. The van der Waals surface area contributed by atoms with E-state index in [2.05, 4.69) is 53.4 Å². The van der Waals surface area contributed by atoms with Crippen LogP contribution in [-0.4, -0.2) is 59.1 Å². The van der Waals surface area contributed by atoms with E-state index in [9.17, 15) is 0 Å². The molecule has 2 heterocycles. The normalized spacial score (nSPS) is 17.2. The zero-order valence-corrected chi connectivity index (χ0v) is 13.6. The summed E-state index contributed by atoms with van der Waals surface area (Å²) < 4.78 is 2.23. The first kappa shape index (κ1) is 15.5. The maximum atomic E-state index is 4.28. The van der Waals surface area contributed by atoms with Crippen molar-refractivity contribution in [1.29, 1.82) is 0 Å². The Morgan fingerprint density at radius 2 is 2.00 bits per heavy atom. The Kier molecular flexibility index (Phi) is 5.22. The van der Waals surface area contributed by atoms with Gasteiger partial charge < -0.3 is 14.4 Å². The van der Waals surface area contributed by atoms with Crippen molar-refractivity contribution in [3.8, 4) is 0 Å². The van der Waals surface area contributed by atoms with Crippen molar-refractivity contribution >= 4 is 0 Å². The third kappa shape index (κ3) is 4.60. The maximum Gasteiger partial charge on any atom is 0.105 e. The summed E-state index contributed by atoms with van der Waals surface area (Å²) in [5.74, 6) is 1.11. The molecule has 0 unspecified atom stereocenters. The van der Waals surface area contributed by atoms with Gasteiger partial charge in [0, 0.05) is 38.6 Å². The molecular formula is C16H30N4. The van der Waals surface area contributed by atoms with Gasteiger partial charge in [-0.2, -0.15) is 0 Å². The van der Waals surface area contributed by atoms with E-state index < -0.39 is 0 Å². The molecule has 20 heavy (non-hydrogen) atoms. The number of rotatable bonds is 7. The molecule has 0 radical (unpaired) electrons. The van der Waals surface area contributed by atoms with Crippen LogP contribution in [0, 0.1) is 12.3 Å². The van der Waals surface area contributed by atoms with Gasteiger partial charge in [-0.3, -0.25) is 0 Å². The molecule has 1 saturated heterocycles. The highest BCUT2D eigenvalue weighted by atomic mass is 15.2. The lowest BCUT2D eigenvalue weighted by Crippen LogP contribution is -2.41. The first-order chi connectivity index (χ1) is 9.46. The lowest BCUT2D eigenvalue weighted by Gasteiger charge is -2.34. The molecule has 114 valence electrons. The molecule has 1 fully saturated rings. The van der Waals surface area contributed by atoms with Gasteiger partial charge in [0.1, 0.15) is 5.82 Å². The third-order valence-corrected chi connectivity index (χ3v) is 4.19. The van der Waals surface area contributed by atoms with E-state index in [-0.39, 0.29) is 0 Å². The summed E-state index contributed by atoms with van der Waals surface area (Å²) in [5, 5.41) is 0. The van der Waals surface area contributed by atoms with Gasteiger partial charge in [0.2, 0.25) is 0 Å². The molecule has 1 aliphatic heterocycles. The van der Waals surface area contributed by atoms with Crippen LogP contribution in [0.3, 0.4) is 0 Å². The highest BCUT2D eigenvalue weighted by Crippen LogP contribution is 2.21. The van der Waals surface area contributed by atoms with Gasteiger partial charge in [0.05, 0.1) is 0 Å². The monoisotopic (exact) mass is 278 g/mol. The number of hydrogen-bond donors (Lipinski definition) is 0. The van der Waals surface area contributed by atoms with E-state index in [0.29, 0.717) is 5.41 Å². The lowest BCUT2D eigenvalue weighted by molar-refractivity contribution is 0.147. The van der Waals surface area contributed by atoms with E-state index >= 15 is 0 Å². The number of imidazole rings is 1. The molecule has 4 heteroatoms. The predicted molar refractivity (Wildman–Crippen MR) is 83.9 cm³/mol. The SMILES string of the molecule is Cc1nccn1CCN(C)CC(C)(C)CN1CCCC1. The van der Waals surface area contributed by atoms with E-state index in [1.807, 2.05) is 6.20 Å². The van der Waals surface area contributed by atoms with E-state index in [1.54, 1.807) is 0 Å². The molecule has 0 atom stereocenters. The Bertz CT molecular complexity index is 404. The molecule has 1 aromatic heterocycles. The van der Waals surface area contributed by atoms with Crippen LogP contribution >= 0.6 is 0 Å². The summed E-state index contributed by atoms with van der Waals surface area (Å²) in [6.07, 6.45) is 6.71. The zero-order chi connectivity index (χ0) is 14.6. The Morgan fingerprint density at radius 3 is 2.60 bits per heavy atom. The minimum Gasteiger partial charge on any atom is -0.334 e. The average molecular weight is 278 g/mol. The fourth-order valence-corrected chi connectivity index (χ4v) is 3.32. The van der Waals surface area contributed by atoms with Crippen molar-refractivity contribution in [2.24, 2.45) is 5.41 Å². The van der Waals surface area contributed by atoms with Crippen LogP contribution < -0.4 is 0 Å². The Balaban J connectivity index is 1.74. The van der Waals surface area contributed by atoms with E-state index in [1.165, 1.54) is 32.5 Å². The van der Waals surface area contributed by atoms with Gasteiger partial charge >= 0.3 is 0 Å². The summed E-state index contributed by atoms with van der Waals surface area (Å²) in [6.45, 7) is 13.9. The fraction of sp³-hybridized carbons (Fsp3) is 0.812. The summed E-state index contributed by atoms with van der Waals surface area (Å²) in [6, 6.07) is 0. The van der Waals surface area contributed by atoms with Crippen molar-refractivity contribution in [2.75, 3.05) is 39.8 Å². The minimum atomic E-state index is 0.364. The number of aryl methyl sites for hydroxylation is 1. The molecule has 0 aromatic carbocycles. The highest BCUT2D eigenvalue weighted by Gasteiger charge is 2.25. The number of aromatic nitrogens is 2. The molecule has 4 nitrogen and oxygen atoms in total. The van der Waals surface area contributed by atoms with Gasteiger partial charge in [-0.15, -0.1) is 0 Å². The van der Waals surface area contributed by atoms with Gasteiger partial charge in [-0.05, 0) is 45.3 Å². The molecule has 0 bridgehead atoms. The van der Waals surface area contributed by atoms with Crippen LogP contribution in [0.5, 0.6) is 0 Å². The average Bonchev–Trinajstić information content (AvgIpc) is 2.97. The molecule has 0 N–H and O–H groups in total. The zero-order valence-electron chi connectivity index (χ0n) is 13.6. The van der Waals surface area contributed by atoms with Crippen LogP contribution in [0.4, 0.5) is 0 Å². The van der Waals surface area contributed by atoms with Gasteiger partial charge in [0.15, 0.2) is 0 Å². The largest absolute Gasteiger partial charge is 0.334 e. The van der Waals surface area contributed by atoms with Gasteiger partial charge in [-0.1, -0.05) is 13.8 Å². The summed E-state index contributed by atoms with van der Waals surface area (Å²) in [4.78, 5) is 9.35. The molecule has 0 saturated carbocycles. The summed E-state index contributed by atoms with van der Waals surface area (Å²) in [7, 11) is 2.23. The minimum absolute atomic E-state index is 0.364. The topological polar surface area (TPSA) is 24.3 Å². The number of likely N-dealkylation sites (tertiary alicyclic amines) is 1. The Hall–Kier alpha value is -0.870. The van der Waals surface area contributed by atoms with E-state index in [4.69, 9.17) is 0 Å². The van der Waals surface area contributed by atoms with Crippen LogP contribution in [0.2, 0.25) is 0 Å². The fourth-order valence-electron chi connectivity index (χ4n) is 3.32. The summed E-state index contributed by atoms with van der Waals surface area (Å²) in [5.41, 5.74) is 0.364.